The maximum Gasteiger partial charge on any atom is 0.0438 e. The lowest BCUT2D eigenvalue weighted by Gasteiger charge is -2.22. The summed E-state index contributed by atoms with van der Waals surface area (Å²) < 4.78 is 1.16. The minimum Gasteiger partial charge on any atom is -0.305 e. The van der Waals surface area contributed by atoms with Crippen LogP contribution in [0.5, 0.6) is 0 Å². The van der Waals surface area contributed by atoms with Crippen molar-refractivity contribution in [3.05, 3.63) is 34.3 Å². The van der Waals surface area contributed by atoms with Crippen LogP contribution < -0.4 is 5.32 Å². The Morgan fingerprint density at radius 3 is 2.40 bits per heavy atom. The monoisotopic (exact) mass is 267 g/mol. The largest absolute Gasteiger partial charge is 0.305 e. The van der Waals surface area contributed by atoms with E-state index in [-0.39, 0.29) is 5.54 Å². The van der Waals surface area contributed by atoms with Crippen LogP contribution in [0.25, 0.3) is 0 Å². The first-order chi connectivity index (χ1) is 7.16. The molecule has 1 unspecified atom stereocenters. The van der Waals surface area contributed by atoms with Gasteiger partial charge in [0.25, 0.3) is 0 Å². The van der Waals surface area contributed by atoms with Crippen LogP contribution in [0.1, 0.15) is 38.7 Å². The minimum atomic E-state index is 0.288. The van der Waals surface area contributed by atoms with E-state index in [1.54, 1.807) is 0 Å². The molecule has 2 rings (SSSR count). The summed E-state index contributed by atoms with van der Waals surface area (Å²) in [4.78, 5) is 0. The average Bonchev–Trinajstić information content (AvgIpc) is 3.00. The lowest BCUT2D eigenvalue weighted by molar-refractivity contribution is 0.431. The molecule has 1 aliphatic rings. The molecule has 2 heteroatoms. The third-order valence-corrected chi connectivity index (χ3v) is 3.81. The van der Waals surface area contributed by atoms with Gasteiger partial charge in [-0.05, 0) is 43.9 Å². The molecule has 1 aromatic rings. The number of benzene rings is 1. The highest BCUT2D eigenvalue weighted by Crippen LogP contribution is 2.46. The molecule has 1 saturated carbocycles. The van der Waals surface area contributed by atoms with Crippen molar-refractivity contribution >= 4 is 15.9 Å². The summed E-state index contributed by atoms with van der Waals surface area (Å²) in [6.07, 6.45) is 3.75. The summed E-state index contributed by atoms with van der Waals surface area (Å²) in [6.45, 7) is 4.49. The molecule has 0 aromatic heterocycles. The summed E-state index contributed by atoms with van der Waals surface area (Å²) in [5.74, 6) is 0. The second kappa shape index (κ2) is 4.26. The van der Waals surface area contributed by atoms with E-state index in [1.165, 1.54) is 24.8 Å². The lowest BCUT2D eigenvalue weighted by Crippen LogP contribution is -2.36. The molecule has 0 amide bonds. The van der Waals surface area contributed by atoms with Crippen molar-refractivity contribution in [3.63, 3.8) is 0 Å². The Bertz CT molecular complexity index is 327. The highest BCUT2D eigenvalue weighted by molar-refractivity contribution is 9.10. The number of nitrogens with one attached hydrogen (secondary N) is 1. The van der Waals surface area contributed by atoms with E-state index in [0.29, 0.717) is 6.04 Å². The van der Waals surface area contributed by atoms with Crippen LogP contribution in [0.3, 0.4) is 0 Å². The zero-order valence-corrected chi connectivity index (χ0v) is 11.0. The van der Waals surface area contributed by atoms with Gasteiger partial charge in [0.1, 0.15) is 0 Å². The van der Waals surface area contributed by atoms with Crippen molar-refractivity contribution in [2.75, 3.05) is 0 Å². The Kier molecular flexibility index (Phi) is 3.17. The molecule has 0 heterocycles. The van der Waals surface area contributed by atoms with Gasteiger partial charge in [-0.2, -0.15) is 0 Å². The predicted molar refractivity (Wildman–Crippen MR) is 67.9 cm³/mol. The molecule has 1 atom stereocenters. The van der Waals surface area contributed by atoms with E-state index in [2.05, 4.69) is 59.4 Å². The normalized spacial score (nSPS) is 19.9. The van der Waals surface area contributed by atoms with Gasteiger partial charge in [0, 0.05) is 16.1 Å². The summed E-state index contributed by atoms with van der Waals surface area (Å²) in [5.41, 5.74) is 1.72. The Morgan fingerprint density at radius 2 is 1.93 bits per heavy atom. The van der Waals surface area contributed by atoms with E-state index in [9.17, 15) is 0 Å². The highest BCUT2D eigenvalue weighted by Gasteiger charge is 2.44. The quantitative estimate of drug-likeness (QED) is 0.875. The zero-order valence-electron chi connectivity index (χ0n) is 9.39. The SMILES string of the molecule is CCC(C)NC1(c2ccc(Br)cc2)CC1. The van der Waals surface area contributed by atoms with Crippen LogP contribution in [0, 0.1) is 0 Å². The molecule has 0 bridgehead atoms. The number of hydrogen-bond donors (Lipinski definition) is 1. The molecule has 0 aliphatic heterocycles. The Morgan fingerprint density at radius 1 is 1.33 bits per heavy atom. The number of halogens is 1. The van der Waals surface area contributed by atoms with E-state index >= 15 is 0 Å². The smallest absolute Gasteiger partial charge is 0.0438 e. The van der Waals surface area contributed by atoms with Crippen molar-refractivity contribution in [1.29, 1.82) is 0 Å². The van der Waals surface area contributed by atoms with E-state index < -0.39 is 0 Å². The summed E-state index contributed by atoms with van der Waals surface area (Å²) in [7, 11) is 0. The first-order valence-electron chi connectivity index (χ1n) is 5.70. The third kappa shape index (κ3) is 2.43. The number of rotatable bonds is 4. The average molecular weight is 268 g/mol. The number of hydrogen-bond acceptors (Lipinski definition) is 1. The molecule has 1 aromatic carbocycles. The van der Waals surface area contributed by atoms with Gasteiger partial charge in [-0.1, -0.05) is 35.0 Å². The standard InChI is InChI=1S/C13H18BrN/c1-3-10(2)15-13(8-9-13)11-4-6-12(14)7-5-11/h4-7,10,15H,3,8-9H2,1-2H3. The van der Waals surface area contributed by atoms with Crippen molar-refractivity contribution in [2.45, 2.75) is 44.7 Å². The van der Waals surface area contributed by atoms with Gasteiger partial charge < -0.3 is 5.32 Å². The molecule has 0 saturated heterocycles. The lowest BCUT2D eigenvalue weighted by atomic mass is 10.0. The maximum absolute atomic E-state index is 3.74. The molecule has 1 N–H and O–H groups in total. The van der Waals surface area contributed by atoms with Gasteiger partial charge in [-0.15, -0.1) is 0 Å². The van der Waals surface area contributed by atoms with Crippen molar-refractivity contribution in [3.8, 4) is 0 Å². The minimum absolute atomic E-state index is 0.288. The molecule has 82 valence electrons. The highest BCUT2D eigenvalue weighted by atomic mass is 79.9. The van der Waals surface area contributed by atoms with Crippen molar-refractivity contribution in [1.82, 2.24) is 5.32 Å². The molecule has 0 spiro atoms. The van der Waals surface area contributed by atoms with Gasteiger partial charge in [-0.3, -0.25) is 0 Å². The zero-order chi connectivity index (χ0) is 10.9. The van der Waals surface area contributed by atoms with Crippen LogP contribution in [0.15, 0.2) is 28.7 Å². The van der Waals surface area contributed by atoms with E-state index in [0.717, 1.165) is 4.47 Å². The van der Waals surface area contributed by atoms with E-state index in [1.807, 2.05) is 0 Å². The first kappa shape index (κ1) is 11.2. The van der Waals surface area contributed by atoms with Crippen LogP contribution in [-0.4, -0.2) is 6.04 Å². The van der Waals surface area contributed by atoms with Crippen LogP contribution in [0.2, 0.25) is 0 Å². The Labute approximate surface area is 100 Å². The molecule has 15 heavy (non-hydrogen) atoms. The summed E-state index contributed by atoms with van der Waals surface area (Å²) >= 11 is 3.48. The first-order valence-corrected chi connectivity index (χ1v) is 6.49. The van der Waals surface area contributed by atoms with Crippen molar-refractivity contribution < 1.29 is 0 Å². The molecule has 0 radical (unpaired) electrons. The second-order valence-electron chi connectivity index (χ2n) is 4.54. The fourth-order valence-electron chi connectivity index (χ4n) is 1.98. The van der Waals surface area contributed by atoms with Crippen LogP contribution >= 0.6 is 15.9 Å². The third-order valence-electron chi connectivity index (χ3n) is 3.28. The Hall–Kier alpha value is -0.340. The summed E-state index contributed by atoms with van der Waals surface area (Å²) in [6, 6.07) is 9.33. The van der Waals surface area contributed by atoms with Gasteiger partial charge in [0.2, 0.25) is 0 Å². The molecule has 1 nitrogen and oxygen atoms in total. The van der Waals surface area contributed by atoms with Crippen molar-refractivity contribution in [2.24, 2.45) is 0 Å². The second-order valence-corrected chi connectivity index (χ2v) is 5.46. The van der Waals surface area contributed by atoms with Crippen LogP contribution in [0.4, 0.5) is 0 Å². The summed E-state index contributed by atoms with van der Waals surface area (Å²) in [5, 5.41) is 3.74. The van der Waals surface area contributed by atoms with E-state index in [4.69, 9.17) is 0 Å². The van der Waals surface area contributed by atoms with Gasteiger partial charge >= 0.3 is 0 Å². The molecular weight excluding hydrogens is 250 g/mol. The predicted octanol–water partition coefficient (Wildman–Crippen LogP) is 3.83. The molecule has 1 aliphatic carbocycles. The molecule has 1 fully saturated rings. The topological polar surface area (TPSA) is 12.0 Å². The molecular formula is C13H18BrN. The maximum atomic E-state index is 3.74. The fourth-order valence-corrected chi connectivity index (χ4v) is 2.25. The van der Waals surface area contributed by atoms with Gasteiger partial charge in [0.05, 0.1) is 0 Å². The van der Waals surface area contributed by atoms with Crippen LogP contribution in [-0.2, 0) is 5.54 Å². The Balaban J connectivity index is 2.12. The van der Waals surface area contributed by atoms with Gasteiger partial charge in [0.15, 0.2) is 0 Å². The van der Waals surface area contributed by atoms with Gasteiger partial charge in [-0.25, -0.2) is 0 Å². The fraction of sp³-hybridized carbons (Fsp3) is 0.538.